The van der Waals surface area contributed by atoms with E-state index in [0.29, 0.717) is 5.52 Å². The van der Waals surface area contributed by atoms with Crippen LogP contribution in [-0.4, -0.2) is 45.5 Å². The second-order valence-corrected chi connectivity index (χ2v) is 5.16. The zero-order valence-electron chi connectivity index (χ0n) is 12.5. The number of benzene rings is 1. The largest absolute Gasteiger partial charge is 0.478 e. The zero-order chi connectivity index (χ0) is 15.6. The van der Waals surface area contributed by atoms with E-state index < -0.39 is 5.97 Å². The van der Waals surface area contributed by atoms with Crippen LogP contribution >= 0.6 is 0 Å². The van der Waals surface area contributed by atoms with E-state index in [1.165, 1.54) is 4.90 Å². The fourth-order valence-electron chi connectivity index (χ4n) is 2.18. The van der Waals surface area contributed by atoms with Gasteiger partial charge in [0.15, 0.2) is 0 Å². The van der Waals surface area contributed by atoms with Gasteiger partial charge in [0.05, 0.1) is 16.6 Å². The summed E-state index contributed by atoms with van der Waals surface area (Å²) >= 11 is 0. The van der Waals surface area contributed by atoms with Crippen LogP contribution in [0.15, 0.2) is 18.2 Å². The molecular formula is C15H19N3O3. The van der Waals surface area contributed by atoms with Crippen LogP contribution in [0.5, 0.6) is 0 Å². The van der Waals surface area contributed by atoms with E-state index >= 15 is 0 Å². The summed E-state index contributed by atoms with van der Waals surface area (Å²) in [4.78, 5) is 29.0. The molecule has 1 heterocycles. The first-order chi connectivity index (χ1) is 9.93. The summed E-state index contributed by atoms with van der Waals surface area (Å²) in [6.07, 6.45) is 1.66. The van der Waals surface area contributed by atoms with Crippen LogP contribution in [0.2, 0.25) is 0 Å². The Bertz CT molecular complexity index is 689. The number of rotatable bonds is 5. The van der Waals surface area contributed by atoms with Gasteiger partial charge in [0.25, 0.3) is 0 Å². The maximum absolute atomic E-state index is 12.0. The van der Waals surface area contributed by atoms with Gasteiger partial charge in [-0.25, -0.2) is 9.78 Å². The van der Waals surface area contributed by atoms with Gasteiger partial charge in [0.1, 0.15) is 12.4 Å². The lowest BCUT2D eigenvalue weighted by molar-refractivity contribution is -0.129. The van der Waals surface area contributed by atoms with Gasteiger partial charge in [0, 0.05) is 20.5 Å². The monoisotopic (exact) mass is 289 g/mol. The average molecular weight is 289 g/mol. The fourth-order valence-corrected chi connectivity index (χ4v) is 2.18. The lowest BCUT2D eigenvalue weighted by Crippen LogP contribution is -2.27. The number of hydrogen-bond donors (Lipinski definition) is 1. The van der Waals surface area contributed by atoms with Crippen LogP contribution in [0.1, 0.15) is 29.5 Å². The zero-order valence-corrected chi connectivity index (χ0v) is 12.5. The topological polar surface area (TPSA) is 75.4 Å². The van der Waals surface area contributed by atoms with Crippen molar-refractivity contribution in [1.82, 2.24) is 14.5 Å². The number of aromatic nitrogens is 2. The van der Waals surface area contributed by atoms with E-state index in [-0.39, 0.29) is 18.0 Å². The first-order valence-corrected chi connectivity index (χ1v) is 6.86. The van der Waals surface area contributed by atoms with Crippen molar-refractivity contribution in [3.05, 3.63) is 29.6 Å². The van der Waals surface area contributed by atoms with Gasteiger partial charge >= 0.3 is 5.97 Å². The molecule has 0 atom stereocenters. The van der Waals surface area contributed by atoms with E-state index in [4.69, 9.17) is 5.11 Å². The smallest absolute Gasteiger partial charge is 0.335 e. The molecule has 0 saturated heterocycles. The van der Waals surface area contributed by atoms with Crippen LogP contribution < -0.4 is 0 Å². The van der Waals surface area contributed by atoms with Crippen LogP contribution in [-0.2, 0) is 17.8 Å². The minimum absolute atomic E-state index is 0.0195. The van der Waals surface area contributed by atoms with Crippen LogP contribution in [0.3, 0.4) is 0 Å². The summed E-state index contributed by atoms with van der Waals surface area (Å²) in [6.45, 7) is 2.26. The van der Waals surface area contributed by atoms with Gasteiger partial charge < -0.3 is 14.6 Å². The van der Waals surface area contributed by atoms with Crippen molar-refractivity contribution in [2.24, 2.45) is 0 Å². The molecule has 0 aliphatic rings. The van der Waals surface area contributed by atoms with Gasteiger partial charge in [-0.1, -0.05) is 6.92 Å². The Morgan fingerprint density at radius 1 is 1.33 bits per heavy atom. The number of carboxylic acid groups (broad SMARTS) is 1. The standard InChI is InChI=1S/C15H19N3O3/c1-4-5-13-16-11-8-10(15(20)21)6-7-12(11)18(13)9-14(19)17(2)3/h6-8H,4-5,9H2,1-3H3,(H,20,21). The highest BCUT2D eigenvalue weighted by Gasteiger charge is 2.15. The predicted molar refractivity (Wildman–Crippen MR) is 79.4 cm³/mol. The van der Waals surface area contributed by atoms with Crippen LogP contribution in [0.25, 0.3) is 11.0 Å². The number of amides is 1. The van der Waals surface area contributed by atoms with Crippen molar-refractivity contribution >= 4 is 22.9 Å². The van der Waals surface area contributed by atoms with Gasteiger partial charge in [-0.3, -0.25) is 4.79 Å². The maximum Gasteiger partial charge on any atom is 0.335 e. The van der Waals surface area contributed by atoms with Gasteiger partial charge in [-0.05, 0) is 24.6 Å². The quantitative estimate of drug-likeness (QED) is 0.910. The molecule has 1 amide bonds. The van der Waals surface area contributed by atoms with Gasteiger partial charge in [0.2, 0.25) is 5.91 Å². The summed E-state index contributed by atoms with van der Waals surface area (Å²) in [7, 11) is 3.42. The summed E-state index contributed by atoms with van der Waals surface area (Å²) in [5.41, 5.74) is 1.61. The molecule has 6 nitrogen and oxygen atoms in total. The molecule has 112 valence electrons. The molecule has 2 aromatic rings. The van der Waals surface area contributed by atoms with Gasteiger partial charge in [-0.15, -0.1) is 0 Å². The summed E-state index contributed by atoms with van der Waals surface area (Å²) in [5.74, 6) is -0.188. The molecule has 6 heteroatoms. The van der Waals surface area contributed by atoms with Crippen molar-refractivity contribution in [2.75, 3.05) is 14.1 Å². The number of hydrogen-bond acceptors (Lipinski definition) is 3. The minimum atomic E-state index is -0.979. The molecule has 0 bridgehead atoms. The maximum atomic E-state index is 12.0. The SMILES string of the molecule is CCCc1nc2cc(C(=O)O)ccc2n1CC(=O)N(C)C. The van der Waals surface area contributed by atoms with E-state index in [1.807, 2.05) is 11.5 Å². The van der Waals surface area contributed by atoms with Crippen LogP contribution in [0, 0.1) is 0 Å². The molecule has 1 N–H and O–H groups in total. The molecular weight excluding hydrogens is 270 g/mol. The Kier molecular flexibility index (Phi) is 4.26. The van der Waals surface area contributed by atoms with Crippen LogP contribution in [0.4, 0.5) is 0 Å². The number of aryl methyl sites for hydroxylation is 1. The highest BCUT2D eigenvalue weighted by molar-refractivity contribution is 5.92. The van der Waals surface area contributed by atoms with Crippen molar-refractivity contribution < 1.29 is 14.7 Å². The highest BCUT2D eigenvalue weighted by atomic mass is 16.4. The van der Waals surface area contributed by atoms with E-state index in [1.54, 1.807) is 32.3 Å². The van der Waals surface area contributed by atoms with Gasteiger partial charge in [-0.2, -0.15) is 0 Å². The molecule has 0 saturated carbocycles. The summed E-state index contributed by atoms with van der Waals surface area (Å²) in [5, 5.41) is 9.05. The number of carbonyl (C=O) groups excluding carboxylic acids is 1. The first-order valence-electron chi connectivity index (χ1n) is 6.86. The Morgan fingerprint density at radius 2 is 2.05 bits per heavy atom. The number of carbonyl (C=O) groups is 2. The number of aromatic carboxylic acids is 1. The molecule has 1 aromatic carbocycles. The lowest BCUT2D eigenvalue weighted by atomic mass is 10.2. The molecule has 0 radical (unpaired) electrons. The normalized spacial score (nSPS) is 10.8. The Balaban J connectivity index is 2.52. The van der Waals surface area contributed by atoms with Crippen molar-refractivity contribution in [3.8, 4) is 0 Å². The summed E-state index contributed by atoms with van der Waals surface area (Å²) < 4.78 is 1.87. The van der Waals surface area contributed by atoms with Crippen molar-refractivity contribution in [3.63, 3.8) is 0 Å². The third-order valence-corrected chi connectivity index (χ3v) is 3.34. The van der Waals surface area contributed by atoms with Crippen molar-refractivity contribution in [2.45, 2.75) is 26.3 Å². The molecule has 21 heavy (non-hydrogen) atoms. The lowest BCUT2D eigenvalue weighted by Gasteiger charge is -2.13. The molecule has 0 aliphatic heterocycles. The first kappa shape index (κ1) is 15.0. The Morgan fingerprint density at radius 3 is 2.62 bits per heavy atom. The average Bonchev–Trinajstić information content (AvgIpc) is 2.76. The number of likely N-dealkylation sites (N-methyl/N-ethyl adjacent to an activating group) is 1. The molecule has 0 fully saturated rings. The number of imidazole rings is 1. The van der Waals surface area contributed by atoms with E-state index in [9.17, 15) is 9.59 Å². The second-order valence-electron chi connectivity index (χ2n) is 5.16. The Labute approximate surface area is 123 Å². The predicted octanol–water partition coefficient (Wildman–Crippen LogP) is 1.78. The second kappa shape index (κ2) is 5.95. The number of fused-ring (bicyclic) bond motifs is 1. The van der Waals surface area contributed by atoms with Crippen molar-refractivity contribution in [1.29, 1.82) is 0 Å². The molecule has 0 aliphatic carbocycles. The number of nitrogens with zero attached hydrogens (tertiary/aromatic N) is 3. The highest BCUT2D eigenvalue weighted by Crippen LogP contribution is 2.19. The number of carboxylic acids is 1. The fraction of sp³-hybridized carbons (Fsp3) is 0.400. The Hall–Kier alpha value is -2.37. The van der Waals surface area contributed by atoms with E-state index in [0.717, 1.165) is 24.2 Å². The van der Waals surface area contributed by atoms with E-state index in [2.05, 4.69) is 4.98 Å². The minimum Gasteiger partial charge on any atom is -0.478 e. The molecule has 2 rings (SSSR count). The third kappa shape index (κ3) is 3.04. The molecule has 0 spiro atoms. The molecule has 1 aromatic heterocycles. The third-order valence-electron chi connectivity index (χ3n) is 3.34. The molecule has 0 unspecified atom stereocenters. The summed E-state index contributed by atoms with van der Waals surface area (Å²) in [6, 6.07) is 4.81.